The van der Waals surface area contributed by atoms with E-state index in [4.69, 9.17) is 8.83 Å². The summed E-state index contributed by atoms with van der Waals surface area (Å²) in [5.74, 6) is 1.59. The number of hydrogen-bond acceptors (Lipinski definition) is 3. The molecule has 14 heavy (non-hydrogen) atoms. The van der Waals surface area contributed by atoms with Crippen molar-refractivity contribution in [3.63, 3.8) is 0 Å². The molecule has 2 aromatic rings. The third-order valence-electron chi connectivity index (χ3n) is 2.03. The van der Waals surface area contributed by atoms with Crippen molar-refractivity contribution in [3.05, 3.63) is 48.3 Å². The van der Waals surface area contributed by atoms with Crippen molar-refractivity contribution in [3.8, 4) is 0 Å². The van der Waals surface area contributed by atoms with Crippen LogP contribution < -0.4 is 0 Å². The van der Waals surface area contributed by atoms with E-state index in [1.807, 2.05) is 24.3 Å². The summed E-state index contributed by atoms with van der Waals surface area (Å²) in [6, 6.07) is 7.33. The number of aliphatic hydroxyl groups is 1. The van der Waals surface area contributed by atoms with Gasteiger partial charge in [0.1, 0.15) is 11.5 Å². The van der Waals surface area contributed by atoms with Crippen molar-refractivity contribution in [2.24, 2.45) is 0 Å². The van der Waals surface area contributed by atoms with Crippen LogP contribution in [0.25, 0.3) is 0 Å². The highest BCUT2D eigenvalue weighted by molar-refractivity contribution is 5.03. The highest BCUT2D eigenvalue weighted by atomic mass is 16.3. The summed E-state index contributed by atoms with van der Waals surface area (Å²) in [4.78, 5) is 0. The van der Waals surface area contributed by atoms with Gasteiger partial charge in [0.05, 0.1) is 18.6 Å². The minimum Gasteiger partial charge on any atom is -0.469 e. The van der Waals surface area contributed by atoms with Gasteiger partial charge in [-0.2, -0.15) is 0 Å². The molecule has 0 atom stereocenters. The lowest BCUT2D eigenvalue weighted by Gasteiger charge is -2.05. The van der Waals surface area contributed by atoms with Gasteiger partial charge in [0.2, 0.25) is 0 Å². The maximum Gasteiger partial charge on any atom is 0.106 e. The van der Waals surface area contributed by atoms with Gasteiger partial charge in [-0.15, -0.1) is 0 Å². The summed E-state index contributed by atoms with van der Waals surface area (Å²) in [7, 11) is 0. The molecule has 0 saturated heterocycles. The Morgan fingerprint density at radius 3 is 1.86 bits per heavy atom. The molecule has 0 aliphatic carbocycles. The molecule has 0 aliphatic heterocycles. The Morgan fingerprint density at radius 1 is 1.00 bits per heavy atom. The van der Waals surface area contributed by atoms with Gasteiger partial charge in [-0.3, -0.25) is 0 Å². The molecule has 0 amide bonds. The fourth-order valence-electron chi connectivity index (χ4n) is 1.39. The second-order valence-corrected chi connectivity index (χ2v) is 3.22. The van der Waals surface area contributed by atoms with E-state index >= 15 is 0 Å². The normalized spacial score (nSPS) is 11.0. The molecule has 0 spiro atoms. The number of hydrogen-bond donors (Lipinski definition) is 1. The van der Waals surface area contributed by atoms with Crippen molar-refractivity contribution in [2.75, 3.05) is 0 Å². The quantitative estimate of drug-likeness (QED) is 0.806. The molecule has 2 aromatic heterocycles. The van der Waals surface area contributed by atoms with Crippen LogP contribution in [0.1, 0.15) is 11.5 Å². The Bertz CT molecular complexity index is 312. The molecular weight excluding hydrogens is 180 g/mol. The lowest BCUT2D eigenvalue weighted by Crippen LogP contribution is -2.12. The van der Waals surface area contributed by atoms with E-state index in [-0.39, 0.29) is 0 Å². The van der Waals surface area contributed by atoms with Crippen LogP contribution in [0.4, 0.5) is 0 Å². The van der Waals surface area contributed by atoms with Crippen molar-refractivity contribution >= 4 is 0 Å². The van der Waals surface area contributed by atoms with Gasteiger partial charge in [-0.25, -0.2) is 0 Å². The topological polar surface area (TPSA) is 46.5 Å². The predicted molar refractivity (Wildman–Crippen MR) is 50.8 cm³/mol. The first-order valence-electron chi connectivity index (χ1n) is 4.57. The van der Waals surface area contributed by atoms with Gasteiger partial charge in [0, 0.05) is 12.8 Å². The minimum absolute atomic E-state index is 0.452. The zero-order valence-electron chi connectivity index (χ0n) is 7.72. The standard InChI is InChI=1S/C11H12O3/c12-9(7-10-3-1-5-13-10)8-11-4-2-6-14-11/h1-6,9,12H,7-8H2. The van der Waals surface area contributed by atoms with Crippen LogP contribution in [0.5, 0.6) is 0 Å². The molecule has 2 rings (SSSR count). The predicted octanol–water partition coefficient (Wildman–Crippen LogP) is 2.02. The molecule has 0 saturated carbocycles. The summed E-state index contributed by atoms with van der Waals surface area (Å²) in [6.45, 7) is 0. The second kappa shape index (κ2) is 4.15. The SMILES string of the molecule is OC(Cc1ccco1)Cc1ccco1. The average molecular weight is 192 g/mol. The zero-order valence-corrected chi connectivity index (χ0v) is 7.72. The van der Waals surface area contributed by atoms with Crippen LogP contribution >= 0.6 is 0 Å². The molecule has 0 aromatic carbocycles. The maximum atomic E-state index is 9.67. The Kier molecular flexibility index (Phi) is 2.70. The summed E-state index contributed by atoms with van der Waals surface area (Å²) >= 11 is 0. The third-order valence-corrected chi connectivity index (χ3v) is 2.03. The molecule has 2 heterocycles. The van der Waals surface area contributed by atoms with E-state index in [2.05, 4.69) is 0 Å². The molecule has 1 N–H and O–H groups in total. The Morgan fingerprint density at radius 2 is 1.50 bits per heavy atom. The zero-order chi connectivity index (χ0) is 9.80. The number of furan rings is 2. The fourth-order valence-corrected chi connectivity index (χ4v) is 1.39. The number of rotatable bonds is 4. The lowest BCUT2D eigenvalue weighted by molar-refractivity contribution is 0.160. The third kappa shape index (κ3) is 2.26. The van der Waals surface area contributed by atoms with Gasteiger partial charge in [-0.05, 0) is 24.3 Å². The monoisotopic (exact) mass is 192 g/mol. The van der Waals surface area contributed by atoms with Crippen LogP contribution in [0.2, 0.25) is 0 Å². The molecule has 3 heteroatoms. The Hall–Kier alpha value is -1.48. The summed E-state index contributed by atoms with van der Waals surface area (Å²) in [5, 5.41) is 9.67. The molecule has 0 bridgehead atoms. The van der Waals surface area contributed by atoms with Gasteiger partial charge >= 0.3 is 0 Å². The Balaban J connectivity index is 1.88. The lowest BCUT2D eigenvalue weighted by atomic mass is 10.1. The van der Waals surface area contributed by atoms with E-state index in [9.17, 15) is 5.11 Å². The van der Waals surface area contributed by atoms with E-state index in [0.29, 0.717) is 12.8 Å². The Labute approximate surface area is 82.0 Å². The fraction of sp³-hybridized carbons (Fsp3) is 0.273. The highest BCUT2D eigenvalue weighted by Gasteiger charge is 2.09. The highest BCUT2D eigenvalue weighted by Crippen LogP contribution is 2.09. The van der Waals surface area contributed by atoms with Crippen LogP contribution in [0, 0.1) is 0 Å². The van der Waals surface area contributed by atoms with Crippen molar-refractivity contribution < 1.29 is 13.9 Å². The van der Waals surface area contributed by atoms with E-state index in [1.54, 1.807) is 12.5 Å². The van der Waals surface area contributed by atoms with Crippen molar-refractivity contribution in [1.82, 2.24) is 0 Å². The van der Waals surface area contributed by atoms with E-state index in [1.165, 1.54) is 0 Å². The largest absolute Gasteiger partial charge is 0.469 e. The van der Waals surface area contributed by atoms with E-state index < -0.39 is 6.10 Å². The van der Waals surface area contributed by atoms with Gasteiger partial charge < -0.3 is 13.9 Å². The molecule has 0 unspecified atom stereocenters. The van der Waals surface area contributed by atoms with Gasteiger partial charge in [0.15, 0.2) is 0 Å². The first kappa shape index (κ1) is 9.09. The van der Waals surface area contributed by atoms with E-state index in [0.717, 1.165) is 11.5 Å². The molecular formula is C11H12O3. The smallest absolute Gasteiger partial charge is 0.106 e. The summed E-state index contributed by atoms with van der Waals surface area (Å²) in [5.41, 5.74) is 0. The van der Waals surface area contributed by atoms with Gasteiger partial charge in [0.25, 0.3) is 0 Å². The van der Waals surface area contributed by atoms with Gasteiger partial charge in [-0.1, -0.05) is 0 Å². The summed E-state index contributed by atoms with van der Waals surface area (Å²) < 4.78 is 10.3. The molecule has 0 aliphatic rings. The minimum atomic E-state index is -0.452. The molecule has 3 nitrogen and oxygen atoms in total. The molecule has 74 valence electrons. The van der Waals surface area contributed by atoms with Crippen LogP contribution in [-0.2, 0) is 12.8 Å². The first-order chi connectivity index (χ1) is 6.84. The van der Waals surface area contributed by atoms with Crippen molar-refractivity contribution in [1.29, 1.82) is 0 Å². The van der Waals surface area contributed by atoms with Crippen LogP contribution in [0.3, 0.4) is 0 Å². The average Bonchev–Trinajstić information content (AvgIpc) is 2.76. The van der Waals surface area contributed by atoms with Crippen molar-refractivity contribution in [2.45, 2.75) is 18.9 Å². The molecule has 0 radical (unpaired) electrons. The second-order valence-electron chi connectivity index (χ2n) is 3.22. The first-order valence-corrected chi connectivity index (χ1v) is 4.57. The maximum absolute atomic E-state index is 9.67. The molecule has 0 fully saturated rings. The van der Waals surface area contributed by atoms with Crippen LogP contribution in [0.15, 0.2) is 45.6 Å². The number of aliphatic hydroxyl groups excluding tert-OH is 1. The summed E-state index contributed by atoms with van der Waals surface area (Å²) in [6.07, 6.45) is 3.80. The van der Waals surface area contributed by atoms with Crippen LogP contribution in [-0.4, -0.2) is 11.2 Å².